The third-order valence-electron chi connectivity index (χ3n) is 23.5. The van der Waals surface area contributed by atoms with E-state index in [2.05, 4.69) is 491 Å². The number of hydrogen-bond acceptors (Lipinski definition) is 5. The lowest BCUT2D eigenvalue weighted by Gasteiger charge is -2.34. The Morgan fingerprint density at radius 1 is 0.110 bits per heavy atom. The normalized spacial score (nSPS) is 11.7. The molecule has 0 aliphatic heterocycles. The van der Waals surface area contributed by atoms with Gasteiger partial charge in [-0.25, -0.2) is 24.9 Å². The van der Waals surface area contributed by atoms with E-state index in [-0.39, 0.29) is 0 Å². The van der Waals surface area contributed by atoms with Crippen LogP contribution in [0.25, 0.3) is 68.1 Å². The highest BCUT2D eigenvalue weighted by atomic mass is 28.3. The lowest BCUT2D eigenvalue weighted by molar-refractivity contribution is 1.07. The second kappa shape index (κ2) is 32.9. The third kappa shape index (κ3) is 13.6. The van der Waals surface area contributed by atoms with Crippen molar-refractivity contribution >= 4 is 115 Å². The van der Waals surface area contributed by atoms with Crippen LogP contribution in [0.15, 0.2) is 491 Å². The molecular formula is C109H81N5Si4. The van der Waals surface area contributed by atoms with E-state index in [0.717, 1.165) is 44.8 Å². The predicted molar refractivity (Wildman–Crippen MR) is 502 cm³/mol. The second-order valence-electron chi connectivity index (χ2n) is 30.1. The Morgan fingerprint density at radius 2 is 0.263 bits per heavy atom. The molecule has 118 heavy (non-hydrogen) atoms. The van der Waals surface area contributed by atoms with Crippen LogP contribution in [0.5, 0.6) is 0 Å². The van der Waals surface area contributed by atoms with Crippen molar-refractivity contribution in [3.63, 3.8) is 0 Å². The van der Waals surface area contributed by atoms with Crippen LogP contribution in [0.2, 0.25) is 0 Å². The zero-order chi connectivity index (χ0) is 79.0. The molecule has 9 heteroatoms. The van der Waals surface area contributed by atoms with Crippen molar-refractivity contribution in [1.82, 2.24) is 24.9 Å². The van der Waals surface area contributed by atoms with Crippen LogP contribution in [0.1, 0.15) is 0 Å². The molecule has 0 unspecified atom stereocenters. The average molecular weight is 1570 g/mol. The Morgan fingerprint density at radius 3 is 0.458 bits per heavy atom. The minimum Gasteiger partial charge on any atom is -0.228 e. The molecule has 0 radical (unpaired) electrons. The number of hydrogen-bond donors (Lipinski definition) is 0. The third-order valence-corrected chi connectivity index (χ3v) is 42.6. The molecule has 0 fully saturated rings. The van der Waals surface area contributed by atoms with E-state index in [1.165, 1.54) is 83.0 Å². The first-order valence-corrected chi connectivity index (χ1v) is 48.3. The minimum atomic E-state index is -3.02. The highest BCUT2D eigenvalue weighted by Crippen LogP contribution is 2.32. The van der Waals surface area contributed by atoms with E-state index in [0.29, 0.717) is 23.3 Å². The summed E-state index contributed by atoms with van der Waals surface area (Å²) in [6.07, 6.45) is 0. The van der Waals surface area contributed by atoms with E-state index in [1.807, 2.05) is 0 Å². The van der Waals surface area contributed by atoms with Gasteiger partial charge in [-0.15, -0.1) is 0 Å². The summed E-state index contributed by atoms with van der Waals surface area (Å²) in [5.41, 5.74) is 7.01. The van der Waals surface area contributed by atoms with Crippen LogP contribution in [-0.2, 0) is 0 Å². The molecule has 0 atom stereocenters. The summed E-state index contributed by atoms with van der Waals surface area (Å²) >= 11 is 0. The fourth-order valence-corrected chi connectivity index (χ4v) is 37.5. The van der Waals surface area contributed by atoms with Crippen LogP contribution in [0.4, 0.5) is 0 Å². The molecule has 0 spiro atoms. The minimum absolute atomic E-state index is 0.535. The SMILES string of the molecule is c1ccc([Si](c2ccccc2)(c2ccccc2)c2cccc(-c3cc(-c4cccc([Si](c5ccccc5)(c5ccccc5)c5ccccc5)c4)nc(-c4ccc(-c5nc(-c6cccc([Si](c7ccccc7)(c7ccccc7)c7ccccc7)c6)nc(-c6cccc([Si](c7ccccc7)(c7ccccc7)c7ccccc7)c6)n5)cc4)n3)c2)cc1. The van der Waals surface area contributed by atoms with Gasteiger partial charge < -0.3 is 0 Å². The van der Waals surface area contributed by atoms with Gasteiger partial charge in [0.25, 0.3) is 0 Å². The lowest BCUT2D eigenvalue weighted by atomic mass is 10.1. The quantitative estimate of drug-likeness (QED) is 0.0500. The summed E-state index contributed by atoms with van der Waals surface area (Å²) < 4.78 is 0. The van der Waals surface area contributed by atoms with E-state index in [4.69, 9.17) is 24.9 Å². The zero-order valence-electron chi connectivity index (χ0n) is 65.0. The molecule has 558 valence electrons. The van der Waals surface area contributed by atoms with Gasteiger partial charge in [-0.3, -0.25) is 0 Å². The fourth-order valence-electron chi connectivity index (χ4n) is 18.3. The summed E-state index contributed by atoms with van der Waals surface area (Å²) in [6.45, 7) is 0. The van der Waals surface area contributed by atoms with Gasteiger partial charge in [0.1, 0.15) is 0 Å². The van der Waals surface area contributed by atoms with Gasteiger partial charge in [0.2, 0.25) is 0 Å². The second-order valence-corrected chi connectivity index (χ2v) is 45.3. The van der Waals surface area contributed by atoms with Crippen molar-refractivity contribution in [2.24, 2.45) is 0 Å². The van der Waals surface area contributed by atoms with Crippen LogP contribution in [-0.4, -0.2) is 57.2 Å². The van der Waals surface area contributed by atoms with Crippen molar-refractivity contribution in [2.75, 3.05) is 0 Å². The average Bonchev–Trinajstić information content (AvgIpc) is 0.746. The molecule has 0 aliphatic rings. The Bertz CT molecular complexity index is 5460. The zero-order valence-corrected chi connectivity index (χ0v) is 69.0. The largest absolute Gasteiger partial charge is 0.228 e. The molecule has 0 N–H and O–H groups in total. The van der Waals surface area contributed by atoms with Crippen LogP contribution >= 0.6 is 0 Å². The summed E-state index contributed by atoms with van der Waals surface area (Å²) in [6, 6.07) is 180. The molecule has 0 saturated carbocycles. The maximum Gasteiger partial charge on any atom is 0.179 e. The van der Waals surface area contributed by atoms with Gasteiger partial charge in [0.15, 0.2) is 55.6 Å². The van der Waals surface area contributed by atoms with Crippen LogP contribution in [0.3, 0.4) is 0 Å². The first-order chi connectivity index (χ1) is 58.5. The molecule has 2 aromatic heterocycles. The monoisotopic (exact) mass is 1570 g/mol. The lowest BCUT2D eigenvalue weighted by Crippen LogP contribution is -2.74. The van der Waals surface area contributed by atoms with E-state index >= 15 is 0 Å². The number of aromatic nitrogens is 5. The molecule has 5 nitrogen and oxygen atoms in total. The van der Waals surface area contributed by atoms with Crippen LogP contribution in [0, 0.1) is 0 Å². The highest BCUT2D eigenvalue weighted by molar-refractivity contribution is 7.22. The summed E-state index contributed by atoms with van der Waals surface area (Å²) in [5, 5.41) is 20.4. The van der Waals surface area contributed by atoms with Crippen molar-refractivity contribution in [3.05, 3.63) is 491 Å². The standard InChI is InChI=1S/C109H81N5Si4/c1-13-45-88(46-14-1)115(89-47-15-2-16-48-89,90-49-17-3-18-50-90)100-69-37-41-84(77-100)104-81-105(85-42-38-70-101(78-85)116(91-51-19-4-20-52-91,92-53-21-5-22-54-92)93-55-23-6-24-56-93)111-106(110-104)82-73-75-83(76-74-82)107-112-108(86-43-39-71-102(79-86)117(94-57-25-7-26-58-94,95-59-27-8-28-60-95)96-61-29-9-30-62-96)114-109(113-107)87-44-40-72-103(80-87)118(97-63-31-10-32-64-97,98-65-33-11-34-66-98)99-67-35-12-36-68-99/h1-81H. The predicted octanol–water partition coefficient (Wildman–Crippen LogP) is 14.2. The maximum atomic E-state index is 5.73. The Labute approximate surface area is 694 Å². The van der Waals surface area contributed by atoms with Gasteiger partial charge in [-0.2, -0.15) is 0 Å². The first kappa shape index (κ1) is 73.8. The van der Waals surface area contributed by atoms with Crippen molar-refractivity contribution in [2.45, 2.75) is 0 Å². The molecular weight excluding hydrogens is 1490 g/mol. The molecule has 0 saturated heterocycles. The van der Waals surface area contributed by atoms with Crippen molar-refractivity contribution in [1.29, 1.82) is 0 Å². The molecule has 19 rings (SSSR count). The van der Waals surface area contributed by atoms with Gasteiger partial charge in [-0.05, 0) is 89.1 Å². The van der Waals surface area contributed by atoms with E-state index in [1.54, 1.807) is 0 Å². The molecule has 0 amide bonds. The highest BCUT2D eigenvalue weighted by Gasteiger charge is 2.46. The van der Waals surface area contributed by atoms with Crippen LogP contribution < -0.4 is 83.0 Å². The van der Waals surface area contributed by atoms with E-state index in [9.17, 15) is 0 Å². The molecule has 2 heterocycles. The van der Waals surface area contributed by atoms with Crippen molar-refractivity contribution < 1.29 is 0 Å². The van der Waals surface area contributed by atoms with Gasteiger partial charge in [0, 0.05) is 33.4 Å². The summed E-state index contributed by atoms with van der Waals surface area (Å²) in [4.78, 5) is 28.4. The molecule has 19 aromatic rings. The number of rotatable bonds is 22. The number of nitrogens with zero attached hydrogens (tertiary/aromatic N) is 5. The van der Waals surface area contributed by atoms with Gasteiger partial charge >= 0.3 is 0 Å². The van der Waals surface area contributed by atoms with Crippen molar-refractivity contribution in [3.8, 4) is 68.1 Å². The van der Waals surface area contributed by atoms with Gasteiger partial charge in [0.05, 0.1) is 11.4 Å². The Kier molecular flexibility index (Phi) is 20.6. The summed E-state index contributed by atoms with van der Waals surface area (Å²) in [7, 11) is -12.0. The molecule has 17 aromatic carbocycles. The smallest absolute Gasteiger partial charge is 0.179 e. The maximum absolute atomic E-state index is 5.73. The number of benzene rings is 17. The Hall–Kier alpha value is -14.3. The first-order valence-electron chi connectivity index (χ1n) is 40.3. The Balaban J connectivity index is 0.809. The topological polar surface area (TPSA) is 64.5 Å². The molecule has 0 bridgehead atoms. The summed E-state index contributed by atoms with van der Waals surface area (Å²) in [5.74, 6) is 2.25. The fraction of sp³-hybridized carbons (Fsp3) is 0. The van der Waals surface area contributed by atoms with E-state index < -0.39 is 32.3 Å². The molecule has 0 aliphatic carbocycles. The van der Waals surface area contributed by atoms with Gasteiger partial charge in [-0.1, -0.05) is 485 Å².